The summed E-state index contributed by atoms with van der Waals surface area (Å²) in [6, 6.07) is 2.48. The molecule has 1 N–H and O–H groups in total. The van der Waals surface area contributed by atoms with Crippen molar-refractivity contribution in [1.82, 2.24) is 10.2 Å². The fraction of sp³-hybridized carbons (Fsp3) is 0.625. The summed E-state index contributed by atoms with van der Waals surface area (Å²) < 4.78 is 6.43. The predicted molar refractivity (Wildman–Crippen MR) is 82.8 cm³/mol. The molecule has 2 aliphatic rings. The minimum absolute atomic E-state index is 0.0470. The number of fused-ring (bicyclic) bond motifs is 1. The lowest BCUT2D eigenvalue weighted by molar-refractivity contribution is 0.0285. The van der Waals surface area contributed by atoms with E-state index in [4.69, 9.17) is 16.3 Å². The maximum atomic E-state index is 6.45. The van der Waals surface area contributed by atoms with Crippen molar-refractivity contribution >= 4 is 11.6 Å². The molecule has 0 saturated carbocycles. The van der Waals surface area contributed by atoms with Gasteiger partial charge in [0.25, 0.3) is 0 Å². The molecule has 2 atom stereocenters. The van der Waals surface area contributed by atoms with Crippen molar-refractivity contribution in [1.29, 1.82) is 0 Å². The molecular weight excluding hydrogens is 272 g/mol. The van der Waals surface area contributed by atoms with Crippen molar-refractivity contribution < 1.29 is 4.74 Å². The molecule has 110 valence electrons. The van der Waals surface area contributed by atoms with Crippen LogP contribution in [0.25, 0.3) is 0 Å². The fourth-order valence-electron chi connectivity index (χ4n) is 3.59. The minimum Gasteiger partial charge on any atom is -0.485 e. The van der Waals surface area contributed by atoms with Crippen molar-refractivity contribution in [3.63, 3.8) is 0 Å². The van der Waals surface area contributed by atoms with Gasteiger partial charge in [-0.1, -0.05) is 11.6 Å². The molecule has 1 aromatic carbocycles. The monoisotopic (exact) mass is 294 g/mol. The summed E-state index contributed by atoms with van der Waals surface area (Å²) in [5, 5.41) is 4.32. The number of hydrogen-bond donors (Lipinski definition) is 1. The van der Waals surface area contributed by atoms with Gasteiger partial charge in [0.1, 0.15) is 11.4 Å². The first kappa shape index (κ1) is 14.2. The second kappa shape index (κ2) is 4.90. The molecule has 2 aliphatic heterocycles. The second-order valence-electron chi connectivity index (χ2n) is 6.44. The zero-order valence-corrected chi connectivity index (χ0v) is 13.5. The van der Waals surface area contributed by atoms with Crippen LogP contribution < -0.4 is 10.1 Å². The summed E-state index contributed by atoms with van der Waals surface area (Å²) in [6.07, 6.45) is 2.11. The first-order valence-corrected chi connectivity index (χ1v) is 7.67. The van der Waals surface area contributed by atoms with Gasteiger partial charge in [-0.2, -0.15) is 0 Å². The van der Waals surface area contributed by atoms with Crippen LogP contribution in [-0.4, -0.2) is 37.7 Å². The van der Waals surface area contributed by atoms with Crippen LogP contribution in [0.4, 0.5) is 0 Å². The Morgan fingerprint density at radius 2 is 2.15 bits per heavy atom. The number of aryl methyl sites for hydroxylation is 1. The molecule has 4 heteroatoms. The van der Waals surface area contributed by atoms with Crippen molar-refractivity contribution in [3.8, 4) is 5.75 Å². The first-order chi connectivity index (χ1) is 9.43. The Kier molecular flexibility index (Phi) is 3.47. The van der Waals surface area contributed by atoms with Crippen LogP contribution in [-0.2, 0) is 0 Å². The zero-order valence-electron chi connectivity index (χ0n) is 12.7. The quantitative estimate of drug-likeness (QED) is 0.861. The molecule has 1 fully saturated rings. The normalized spacial score (nSPS) is 28.8. The molecule has 1 saturated heterocycles. The summed E-state index contributed by atoms with van der Waals surface area (Å²) in [5.74, 6) is 1.03. The maximum absolute atomic E-state index is 6.45. The number of ether oxygens (including phenoxy) is 1. The molecular formula is C16H23ClN2O. The fourth-order valence-corrected chi connectivity index (χ4v) is 3.74. The van der Waals surface area contributed by atoms with E-state index in [1.807, 2.05) is 0 Å². The van der Waals surface area contributed by atoms with Crippen LogP contribution in [0, 0.1) is 13.8 Å². The number of rotatable bonds is 1. The number of nitrogens with one attached hydrogen (secondary N) is 1. The zero-order chi connectivity index (χ0) is 14.5. The lowest BCUT2D eigenvalue weighted by Gasteiger charge is -2.43. The first-order valence-electron chi connectivity index (χ1n) is 7.29. The lowest BCUT2D eigenvalue weighted by atomic mass is 9.83. The van der Waals surface area contributed by atoms with Crippen LogP contribution in [0.15, 0.2) is 6.07 Å². The lowest BCUT2D eigenvalue weighted by Crippen LogP contribution is -2.45. The van der Waals surface area contributed by atoms with Crippen molar-refractivity contribution in [3.05, 3.63) is 27.8 Å². The Bertz CT molecular complexity index is 536. The largest absolute Gasteiger partial charge is 0.485 e. The Morgan fingerprint density at radius 3 is 2.75 bits per heavy atom. The van der Waals surface area contributed by atoms with Gasteiger partial charge in [-0.15, -0.1) is 0 Å². The summed E-state index contributed by atoms with van der Waals surface area (Å²) in [5.41, 5.74) is 3.49. The number of hydrogen-bond acceptors (Lipinski definition) is 3. The molecule has 0 aliphatic carbocycles. The summed E-state index contributed by atoms with van der Waals surface area (Å²) in [7, 11) is 4.28. The Hall–Kier alpha value is -0.770. The van der Waals surface area contributed by atoms with Crippen LogP contribution in [0.5, 0.6) is 5.75 Å². The summed E-state index contributed by atoms with van der Waals surface area (Å²) in [4.78, 5) is 2.29. The van der Waals surface area contributed by atoms with E-state index in [1.54, 1.807) is 0 Å². The molecule has 0 bridgehead atoms. The number of benzene rings is 1. The van der Waals surface area contributed by atoms with E-state index >= 15 is 0 Å². The van der Waals surface area contributed by atoms with Gasteiger partial charge in [-0.3, -0.25) is 0 Å². The Balaban J connectivity index is 2.13. The van der Waals surface area contributed by atoms with E-state index in [-0.39, 0.29) is 5.60 Å². The van der Waals surface area contributed by atoms with Crippen LogP contribution in [0.3, 0.4) is 0 Å². The van der Waals surface area contributed by atoms with E-state index in [9.17, 15) is 0 Å². The van der Waals surface area contributed by atoms with Gasteiger partial charge in [0.15, 0.2) is 0 Å². The van der Waals surface area contributed by atoms with E-state index in [0.717, 1.165) is 42.3 Å². The Labute approximate surface area is 126 Å². The van der Waals surface area contributed by atoms with Gasteiger partial charge >= 0.3 is 0 Å². The van der Waals surface area contributed by atoms with Crippen molar-refractivity contribution in [2.24, 2.45) is 0 Å². The average molecular weight is 295 g/mol. The molecule has 3 rings (SSSR count). The van der Waals surface area contributed by atoms with E-state index in [1.165, 1.54) is 11.1 Å². The smallest absolute Gasteiger partial charge is 0.125 e. The predicted octanol–water partition coefficient (Wildman–Crippen LogP) is 3.07. The highest BCUT2D eigenvalue weighted by molar-refractivity contribution is 6.32. The summed E-state index contributed by atoms with van der Waals surface area (Å²) in [6.45, 7) is 6.15. The average Bonchev–Trinajstić information content (AvgIpc) is 2.83. The summed E-state index contributed by atoms with van der Waals surface area (Å²) >= 11 is 6.45. The van der Waals surface area contributed by atoms with Crippen molar-refractivity contribution in [2.75, 3.05) is 27.2 Å². The molecule has 1 aromatic rings. The van der Waals surface area contributed by atoms with Gasteiger partial charge in [-0.05, 0) is 51.7 Å². The molecule has 2 unspecified atom stereocenters. The highest BCUT2D eigenvalue weighted by atomic mass is 35.5. The van der Waals surface area contributed by atoms with E-state index in [0.29, 0.717) is 6.04 Å². The standard InChI is InChI=1S/C16H23ClN2O/c1-10-7-13-14(11(2)15(10)17)12(19(3)4)8-16(20-13)5-6-18-9-16/h7,12,18H,5-6,8-9H2,1-4H3. The number of halogens is 1. The SMILES string of the molecule is Cc1cc2c(c(C)c1Cl)C(N(C)C)CC1(CCNC1)O2. The number of nitrogens with zero attached hydrogens (tertiary/aromatic N) is 1. The third kappa shape index (κ3) is 2.12. The van der Waals surface area contributed by atoms with Crippen LogP contribution >= 0.6 is 11.6 Å². The van der Waals surface area contributed by atoms with Gasteiger partial charge in [0.05, 0.1) is 0 Å². The molecule has 3 nitrogen and oxygen atoms in total. The van der Waals surface area contributed by atoms with Gasteiger partial charge in [0, 0.05) is 36.0 Å². The van der Waals surface area contributed by atoms with Crippen LogP contribution in [0.2, 0.25) is 5.02 Å². The van der Waals surface area contributed by atoms with Gasteiger partial charge < -0.3 is 15.0 Å². The molecule has 1 spiro atoms. The molecule has 20 heavy (non-hydrogen) atoms. The Morgan fingerprint density at radius 1 is 1.40 bits per heavy atom. The molecule has 0 aromatic heterocycles. The highest BCUT2D eigenvalue weighted by Gasteiger charge is 2.44. The highest BCUT2D eigenvalue weighted by Crippen LogP contribution is 2.47. The van der Waals surface area contributed by atoms with Crippen molar-refractivity contribution in [2.45, 2.75) is 38.3 Å². The van der Waals surface area contributed by atoms with Crippen LogP contribution in [0.1, 0.15) is 35.6 Å². The minimum atomic E-state index is -0.0470. The second-order valence-corrected chi connectivity index (χ2v) is 6.82. The molecule has 2 heterocycles. The van der Waals surface area contributed by atoms with E-state index in [2.05, 4.69) is 44.2 Å². The van der Waals surface area contributed by atoms with Gasteiger partial charge in [0.2, 0.25) is 0 Å². The van der Waals surface area contributed by atoms with Gasteiger partial charge in [-0.25, -0.2) is 0 Å². The molecule has 0 amide bonds. The third-order valence-electron chi connectivity index (χ3n) is 4.75. The molecule has 0 radical (unpaired) electrons. The topological polar surface area (TPSA) is 24.5 Å². The maximum Gasteiger partial charge on any atom is 0.125 e. The third-order valence-corrected chi connectivity index (χ3v) is 5.33. The van der Waals surface area contributed by atoms with E-state index < -0.39 is 0 Å².